The molecule has 33 heavy (non-hydrogen) atoms. The lowest BCUT2D eigenvalue weighted by Crippen LogP contribution is -2.28. The standard InChI is InChI=1S/C14H20IN4O12PS/c1-33(27,28)31-7-4-16-13-11(8-10(18(21)22)9-12(13)19(23)24)14(20)17-3-6-30-32(25,26)29-5-2-15/h8-9,16H,2-7H2,1H3,(H,17,20)(H,25,26). The van der Waals surface area contributed by atoms with Crippen LogP contribution < -0.4 is 10.6 Å². The molecule has 0 spiro atoms. The molecule has 0 saturated heterocycles. The van der Waals surface area contributed by atoms with Gasteiger partial charge in [0.25, 0.3) is 27.4 Å². The van der Waals surface area contributed by atoms with Crippen molar-refractivity contribution >= 4 is 63.5 Å². The van der Waals surface area contributed by atoms with Gasteiger partial charge in [-0.2, -0.15) is 8.42 Å². The van der Waals surface area contributed by atoms with E-state index in [4.69, 9.17) is 0 Å². The highest BCUT2D eigenvalue weighted by Gasteiger charge is 2.28. The van der Waals surface area contributed by atoms with Crippen molar-refractivity contribution in [3.63, 3.8) is 0 Å². The van der Waals surface area contributed by atoms with Crippen LogP contribution in [0.4, 0.5) is 17.1 Å². The van der Waals surface area contributed by atoms with Gasteiger partial charge in [-0.1, -0.05) is 22.6 Å². The number of carbonyl (C=O) groups is 1. The smallest absolute Gasteiger partial charge is 0.376 e. The number of nitro benzene ring substituents is 2. The zero-order valence-corrected chi connectivity index (χ0v) is 20.8. The maximum atomic E-state index is 12.6. The summed E-state index contributed by atoms with van der Waals surface area (Å²) in [6, 6.07) is 1.41. The minimum Gasteiger partial charge on any atom is -0.376 e. The van der Waals surface area contributed by atoms with Crippen molar-refractivity contribution in [1.82, 2.24) is 5.32 Å². The monoisotopic (exact) mass is 626 g/mol. The van der Waals surface area contributed by atoms with Crippen LogP contribution in [0.15, 0.2) is 12.1 Å². The van der Waals surface area contributed by atoms with E-state index in [1.54, 1.807) is 0 Å². The number of non-ortho nitro benzene ring substituents is 1. The molecule has 3 N–H and O–H groups in total. The number of alkyl halides is 1. The lowest BCUT2D eigenvalue weighted by Gasteiger charge is -2.14. The molecule has 1 amide bonds. The molecule has 0 radical (unpaired) electrons. The number of phosphoric acid groups is 1. The molecule has 19 heteroatoms. The molecule has 186 valence electrons. The van der Waals surface area contributed by atoms with Gasteiger partial charge >= 0.3 is 7.82 Å². The van der Waals surface area contributed by atoms with Crippen molar-refractivity contribution in [3.05, 3.63) is 37.9 Å². The highest BCUT2D eigenvalue weighted by atomic mass is 127. The summed E-state index contributed by atoms with van der Waals surface area (Å²) in [7, 11) is -8.13. The number of nitrogens with one attached hydrogen (secondary N) is 2. The number of hydrogen-bond donors (Lipinski definition) is 3. The molecule has 0 heterocycles. The number of nitro groups is 2. The Morgan fingerprint density at radius 2 is 1.79 bits per heavy atom. The fraction of sp³-hybridized carbons (Fsp3) is 0.500. The van der Waals surface area contributed by atoms with Crippen molar-refractivity contribution in [3.8, 4) is 0 Å². The van der Waals surface area contributed by atoms with Crippen LogP contribution in [0.2, 0.25) is 0 Å². The molecule has 1 aromatic carbocycles. The maximum Gasteiger partial charge on any atom is 0.472 e. The van der Waals surface area contributed by atoms with Crippen LogP contribution in [0.5, 0.6) is 0 Å². The van der Waals surface area contributed by atoms with Gasteiger partial charge in [-0.05, 0) is 0 Å². The molecule has 0 aliphatic heterocycles. The third-order valence-corrected chi connectivity index (χ3v) is 5.48. The van der Waals surface area contributed by atoms with E-state index in [1.165, 1.54) is 0 Å². The summed E-state index contributed by atoms with van der Waals surface area (Å²) in [5, 5.41) is 27.3. The first-order valence-electron chi connectivity index (χ1n) is 8.78. The van der Waals surface area contributed by atoms with Crippen LogP contribution in [0, 0.1) is 20.2 Å². The molecule has 1 atom stereocenters. The molecular formula is C14H20IN4O12PS. The number of amides is 1. The van der Waals surface area contributed by atoms with Crippen molar-refractivity contribution in [2.45, 2.75) is 0 Å². The Morgan fingerprint density at radius 1 is 1.15 bits per heavy atom. The Morgan fingerprint density at radius 3 is 2.33 bits per heavy atom. The first kappa shape index (κ1) is 29.1. The van der Waals surface area contributed by atoms with Crippen LogP contribution >= 0.6 is 30.4 Å². The largest absolute Gasteiger partial charge is 0.472 e. The molecule has 1 aromatic rings. The SMILES string of the molecule is CS(=O)(=O)OCCNc1c(C(=O)NCCOP(=O)(O)OCCI)cc([N+](=O)[O-])cc1[N+](=O)[O-]. The molecule has 0 bridgehead atoms. The molecular weight excluding hydrogens is 606 g/mol. The van der Waals surface area contributed by atoms with Crippen molar-refractivity contribution in [1.29, 1.82) is 0 Å². The molecule has 0 aromatic heterocycles. The first-order valence-corrected chi connectivity index (χ1v) is 13.6. The quantitative estimate of drug-likeness (QED) is 0.0474. The van der Waals surface area contributed by atoms with E-state index in [0.717, 1.165) is 12.3 Å². The Balaban J connectivity index is 3.04. The Labute approximate surface area is 201 Å². The molecule has 1 rings (SSSR count). The third-order valence-electron chi connectivity index (χ3n) is 3.43. The van der Waals surface area contributed by atoms with E-state index in [-0.39, 0.29) is 19.7 Å². The van der Waals surface area contributed by atoms with Crippen molar-refractivity contribution < 1.29 is 45.7 Å². The summed E-state index contributed by atoms with van der Waals surface area (Å²) in [6.07, 6.45) is 0.792. The fourth-order valence-corrected chi connectivity index (χ4v) is 3.88. The zero-order chi connectivity index (χ0) is 25.2. The fourth-order valence-electron chi connectivity index (χ4n) is 2.20. The molecule has 16 nitrogen and oxygen atoms in total. The highest BCUT2D eigenvalue weighted by molar-refractivity contribution is 14.1. The van der Waals surface area contributed by atoms with E-state index in [2.05, 4.69) is 23.9 Å². The van der Waals surface area contributed by atoms with E-state index in [9.17, 15) is 42.9 Å². The lowest BCUT2D eigenvalue weighted by atomic mass is 10.1. The average Bonchev–Trinajstić information content (AvgIpc) is 2.71. The van der Waals surface area contributed by atoms with Gasteiger partial charge in [0.05, 0.1) is 47.6 Å². The highest BCUT2D eigenvalue weighted by Crippen LogP contribution is 2.42. The summed E-state index contributed by atoms with van der Waals surface area (Å²) >= 11 is 1.91. The van der Waals surface area contributed by atoms with E-state index in [1.807, 2.05) is 22.6 Å². The Kier molecular flexibility index (Phi) is 11.5. The van der Waals surface area contributed by atoms with Gasteiger partial charge in [-0.15, -0.1) is 0 Å². The van der Waals surface area contributed by atoms with Gasteiger partial charge in [-0.3, -0.25) is 38.3 Å². The third kappa shape index (κ3) is 10.7. The van der Waals surface area contributed by atoms with Gasteiger partial charge < -0.3 is 15.5 Å². The summed E-state index contributed by atoms with van der Waals surface area (Å²) in [4.78, 5) is 42.6. The zero-order valence-electron chi connectivity index (χ0n) is 17.0. The van der Waals surface area contributed by atoms with Crippen LogP contribution in [-0.4, -0.2) is 72.7 Å². The minimum absolute atomic E-state index is 0.0455. The van der Waals surface area contributed by atoms with Gasteiger partial charge in [0.2, 0.25) is 0 Å². The molecule has 1 unspecified atom stereocenters. The molecule has 0 fully saturated rings. The first-order chi connectivity index (χ1) is 15.3. The van der Waals surface area contributed by atoms with Gasteiger partial charge in [0.1, 0.15) is 5.69 Å². The number of rotatable bonds is 15. The summed E-state index contributed by atoms with van der Waals surface area (Å²) in [6.45, 7) is -1.59. The van der Waals surface area contributed by atoms with Crippen LogP contribution in [0.3, 0.4) is 0 Å². The second-order valence-electron chi connectivity index (χ2n) is 5.93. The molecule has 0 aliphatic carbocycles. The summed E-state index contributed by atoms with van der Waals surface area (Å²) in [5.41, 5.74) is -2.46. The number of anilines is 1. The van der Waals surface area contributed by atoms with Crippen LogP contribution in [0.1, 0.15) is 10.4 Å². The topological polar surface area (TPSA) is 227 Å². The maximum absolute atomic E-state index is 12.6. The lowest BCUT2D eigenvalue weighted by molar-refractivity contribution is -0.393. The predicted molar refractivity (Wildman–Crippen MR) is 122 cm³/mol. The van der Waals surface area contributed by atoms with Crippen LogP contribution in [-0.2, 0) is 27.9 Å². The van der Waals surface area contributed by atoms with Crippen molar-refractivity contribution in [2.24, 2.45) is 0 Å². The normalized spacial score (nSPS) is 13.2. The Bertz CT molecular complexity index is 1040. The molecule has 0 aliphatic rings. The number of benzene rings is 1. The van der Waals surface area contributed by atoms with E-state index >= 15 is 0 Å². The van der Waals surface area contributed by atoms with Gasteiger partial charge in [0, 0.05) is 23.6 Å². The average molecular weight is 626 g/mol. The Hall–Kier alpha value is -1.96. The number of phosphoric ester groups is 1. The van der Waals surface area contributed by atoms with Gasteiger partial charge in [0.15, 0.2) is 0 Å². The summed E-state index contributed by atoms with van der Waals surface area (Å²) < 4.78 is 47.8. The summed E-state index contributed by atoms with van der Waals surface area (Å²) in [5.74, 6) is -1.00. The van der Waals surface area contributed by atoms with Gasteiger partial charge in [-0.25, -0.2) is 4.57 Å². The second-order valence-corrected chi connectivity index (χ2v) is 10.1. The number of nitrogens with zero attached hydrogens (tertiary/aromatic N) is 2. The number of carbonyl (C=O) groups excluding carboxylic acids is 1. The number of hydrogen-bond acceptors (Lipinski definition) is 12. The van der Waals surface area contributed by atoms with E-state index < -0.39 is 69.5 Å². The van der Waals surface area contributed by atoms with Crippen LogP contribution in [0.25, 0.3) is 0 Å². The number of halogens is 1. The second kappa shape index (κ2) is 13.1. The van der Waals surface area contributed by atoms with Crippen molar-refractivity contribution in [2.75, 3.05) is 48.9 Å². The van der Waals surface area contributed by atoms with E-state index in [0.29, 0.717) is 10.5 Å². The minimum atomic E-state index is -4.33. The molecule has 0 saturated carbocycles. The predicted octanol–water partition coefficient (Wildman–Crippen LogP) is 1.19.